The van der Waals surface area contributed by atoms with Crippen LogP contribution in [0.4, 0.5) is 10.2 Å². The van der Waals surface area contributed by atoms with Crippen molar-refractivity contribution in [3.8, 4) is 11.4 Å². The molecule has 9 nitrogen and oxygen atoms in total. The first-order valence-corrected chi connectivity index (χ1v) is 11.3. The average Bonchev–Trinajstić information content (AvgIpc) is 3.17. The first-order chi connectivity index (χ1) is 15.7. The minimum Gasteiger partial charge on any atom is -0.389 e. The van der Waals surface area contributed by atoms with Crippen LogP contribution in [-0.4, -0.2) is 74.1 Å². The SMILES string of the molecule is CC(C)OCC(O)CN1CCC[C@](N)(Nc2nc(-c3c[nH]c4ncc(Cl)cc34)ncc2F)C1. The van der Waals surface area contributed by atoms with E-state index in [0.717, 1.165) is 24.5 Å². The Kier molecular flexibility index (Phi) is 7.10. The Morgan fingerprint density at radius 2 is 2.21 bits per heavy atom. The number of aliphatic hydroxyl groups excluding tert-OH is 1. The van der Waals surface area contributed by atoms with Crippen LogP contribution in [-0.2, 0) is 4.74 Å². The summed E-state index contributed by atoms with van der Waals surface area (Å²) in [5, 5.41) is 14.6. The number of halogens is 2. The van der Waals surface area contributed by atoms with E-state index in [1.165, 1.54) is 0 Å². The molecule has 33 heavy (non-hydrogen) atoms. The Morgan fingerprint density at radius 3 is 3.00 bits per heavy atom. The predicted octanol–water partition coefficient (Wildman–Crippen LogP) is 2.76. The molecule has 1 aliphatic heterocycles. The number of anilines is 1. The average molecular weight is 478 g/mol. The van der Waals surface area contributed by atoms with E-state index in [-0.39, 0.29) is 18.5 Å². The first-order valence-electron chi connectivity index (χ1n) is 11.0. The molecule has 1 aliphatic rings. The summed E-state index contributed by atoms with van der Waals surface area (Å²) in [5.41, 5.74) is 6.99. The quantitative estimate of drug-likeness (QED) is 0.365. The number of β-amino-alcohol motifs (C(OH)–C–C–N with tert-alkyl or cyclic N) is 1. The van der Waals surface area contributed by atoms with Gasteiger partial charge in [-0.2, -0.15) is 0 Å². The number of nitrogens with zero attached hydrogens (tertiary/aromatic N) is 4. The number of aromatic amines is 1. The van der Waals surface area contributed by atoms with Crippen molar-refractivity contribution in [3.63, 3.8) is 0 Å². The number of fused-ring (bicyclic) bond motifs is 1. The lowest BCUT2D eigenvalue weighted by molar-refractivity contribution is -0.0139. The van der Waals surface area contributed by atoms with Crippen molar-refractivity contribution in [3.05, 3.63) is 35.5 Å². The Hall–Kier alpha value is -2.37. The second-order valence-corrected chi connectivity index (χ2v) is 9.23. The fourth-order valence-corrected chi connectivity index (χ4v) is 4.23. The maximum atomic E-state index is 14.6. The molecule has 0 aromatic carbocycles. The molecule has 0 radical (unpaired) electrons. The summed E-state index contributed by atoms with van der Waals surface area (Å²) >= 11 is 6.09. The highest BCUT2D eigenvalue weighted by Crippen LogP contribution is 2.29. The summed E-state index contributed by atoms with van der Waals surface area (Å²) in [6, 6.07) is 1.76. The van der Waals surface area contributed by atoms with Crippen molar-refractivity contribution in [1.29, 1.82) is 0 Å². The molecule has 5 N–H and O–H groups in total. The van der Waals surface area contributed by atoms with Crippen molar-refractivity contribution in [2.75, 3.05) is 31.6 Å². The minimum atomic E-state index is -0.908. The van der Waals surface area contributed by atoms with Crippen LogP contribution in [0, 0.1) is 5.82 Å². The zero-order valence-electron chi connectivity index (χ0n) is 18.7. The number of pyridine rings is 1. The lowest BCUT2D eigenvalue weighted by Crippen LogP contribution is -2.60. The summed E-state index contributed by atoms with van der Waals surface area (Å²) in [7, 11) is 0. The third-order valence-corrected chi connectivity index (χ3v) is 5.75. The zero-order valence-corrected chi connectivity index (χ0v) is 19.4. The van der Waals surface area contributed by atoms with Gasteiger partial charge in [0.1, 0.15) is 5.65 Å². The van der Waals surface area contributed by atoms with Gasteiger partial charge in [-0.3, -0.25) is 4.90 Å². The van der Waals surface area contributed by atoms with E-state index in [1.54, 1.807) is 18.5 Å². The van der Waals surface area contributed by atoms with Gasteiger partial charge >= 0.3 is 0 Å². The highest BCUT2D eigenvalue weighted by molar-refractivity contribution is 6.31. The number of H-pyrrole nitrogens is 1. The fraction of sp³-hybridized carbons (Fsp3) is 0.500. The molecule has 0 spiro atoms. The number of aliphatic hydroxyl groups is 1. The summed E-state index contributed by atoms with van der Waals surface area (Å²) in [6.07, 6.45) is 5.24. The van der Waals surface area contributed by atoms with Crippen LogP contribution < -0.4 is 11.1 Å². The van der Waals surface area contributed by atoms with Gasteiger partial charge in [0.25, 0.3) is 0 Å². The molecule has 4 rings (SSSR count). The smallest absolute Gasteiger partial charge is 0.183 e. The number of likely N-dealkylation sites (tertiary alicyclic amines) is 1. The molecule has 3 aromatic heterocycles. The first kappa shape index (κ1) is 23.8. The van der Waals surface area contributed by atoms with Crippen LogP contribution in [0.2, 0.25) is 5.02 Å². The largest absolute Gasteiger partial charge is 0.389 e. The Morgan fingerprint density at radius 1 is 1.39 bits per heavy atom. The highest BCUT2D eigenvalue weighted by Gasteiger charge is 2.33. The third kappa shape index (κ3) is 5.77. The number of piperidine rings is 1. The van der Waals surface area contributed by atoms with Gasteiger partial charge in [0.05, 0.1) is 35.7 Å². The Labute approximate surface area is 196 Å². The standard InChI is InChI=1S/C22H29ClFN7O2/c1-13(2)33-11-15(32)10-31-5-3-4-22(25,12-31)30-21-18(24)9-28-20(29-21)17-8-27-19-16(17)6-14(23)7-26-19/h6-9,13,15,32H,3-5,10-12,25H2,1-2H3,(H,26,27)(H,28,29,30)/t15?,22-/m0/s1. The molecular formula is C22H29ClFN7O2. The zero-order chi connectivity index (χ0) is 23.6. The van der Waals surface area contributed by atoms with Crippen LogP contribution in [0.25, 0.3) is 22.4 Å². The van der Waals surface area contributed by atoms with Gasteiger partial charge in [0.2, 0.25) is 0 Å². The molecule has 4 heterocycles. The molecule has 178 valence electrons. The van der Waals surface area contributed by atoms with Crippen molar-refractivity contribution < 1.29 is 14.2 Å². The molecular weight excluding hydrogens is 449 g/mol. The molecule has 11 heteroatoms. The molecule has 2 atom stereocenters. The number of rotatable bonds is 8. The Balaban J connectivity index is 1.50. The van der Waals surface area contributed by atoms with Crippen molar-refractivity contribution in [2.24, 2.45) is 5.73 Å². The van der Waals surface area contributed by atoms with Gasteiger partial charge < -0.3 is 25.9 Å². The second kappa shape index (κ2) is 9.86. The molecule has 1 fully saturated rings. The summed E-state index contributed by atoms with van der Waals surface area (Å²) < 4.78 is 20.1. The topological polar surface area (TPSA) is 125 Å². The van der Waals surface area contributed by atoms with Gasteiger partial charge in [-0.05, 0) is 39.3 Å². The summed E-state index contributed by atoms with van der Waals surface area (Å²) in [4.78, 5) is 17.9. The van der Waals surface area contributed by atoms with Crippen LogP contribution in [0.1, 0.15) is 26.7 Å². The molecule has 0 aliphatic carbocycles. The maximum Gasteiger partial charge on any atom is 0.183 e. The van der Waals surface area contributed by atoms with Crippen molar-refractivity contribution >= 4 is 28.5 Å². The van der Waals surface area contributed by atoms with Crippen LogP contribution >= 0.6 is 11.6 Å². The number of nitrogens with one attached hydrogen (secondary N) is 2. The minimum absolute atomic E-state index is 0.0253. The van der Waals surface area contributed by atoms with Gasteiger partial charge in [-0.1, -0.05) is 11.6 Å². The highest BCUT2D eigenvalue weighted by atomic mass is 35.5. The van der Waals surface area contributed by atoms with Gasteiger partial charge in [0, 0.05) is 36.4 Å². The number of ether oxygens (including phenoxy) is 1. The summed E-state index contributed by atoms with van der Waals surface area (Å²) in [6.45, 7) is 5.75. The van der Waals surface area contributed by atoms with E-state index >= 15 is 0 Å². The van der Waals surface area contributed by atoms with E-state index in [1.807, 2.05) is 13.8 Å². The van der Waals surface area contributed by atoms with Crippen molar-refractivity contribution in [1.82, 2.24) is 24.8 Å². The van der Waals surface area contributed by atoms with Gasteiger partial charge in [-0.25, -0.2) is 19.3 Å². The van der Waals surface area contributed by atoms with E-state index in [9.17, 15) is 9.50 Å². The monoisotopic (exact) mass is 477 g/mol. The van der Waals surface area contributed by atoms with Gasteiger partial charge in [0.15, 0.2) is 17.5 Å². The molecule has 0 saturated carbocycles. The van der Waals surface area contributed by atoms with Crippen LogP contribution in [0.5, 0.6) is 0 Å². The lowest BCUT2D eigenvalue weighted by atomic mass is 9.98. The van der Waals surface area contributed by atoms with E-state index < -0.39 is 17.6 Å². The molecule has 0 amide bonds. The predicted molar refractivity (Wildman–Crippen MR) is 125 cm³/mol. The van der Waals surface area contributed by atoms with Gasteiger partial charge in [-0.15, -0.1) is 0 Å². The molecule has 3 aromatic rings. The maximum absolute atomic E-state index is 14.6. The number of nitrogens with two attached hydrogens (primary N) is 1. The van der Waals surface area contributed by atoms with Crippen LogP contribution in [0.3, 0.4) is 0 Å². The number of hydrogen-bond donors (Lipinski definition) is 4. The number of hydrogen-bond acceptors (Lipinski definition) is 8. The Bertz CT molecular complexity index is 1110. The summed E-state index contributed by atoms with van der Waals surface area (Å²) in [5.74, 6) is -0.244. The number of aromatic nitrogens is 4. The lowest BCUT2D eigenvalue weighted by Gasteiger charge is -2.41. The molecule has 1 unspecified atom stereocenters. The van der Waals surface area contributed by atoms with E-state index in [4.69, 9.17) is 22.1 Å². The third-order valence-electron chi connectivity index (χ3n) is 5.54. The van der Waals surface area contributed by atoms with E-state index in [2.05, 4.69) is 30.2 Å². The van der Waals surface area contributed by atoms with Crippen LogP contribution in [0.15, 0.2) is 24.7 Å². The normalized spacial score (nSPS) is 20.5. The van der Waals surface area contributed by atoms with E-state index in [0.29, 0.717) is 41.6 Å². The molecule has 1 saturated heterocycles. The van der Waals surface area contributed by atoms with Crippen molar-refractivity contribution in [2.45, 2.75) is 44.6 Å². The fourth-order valence-electron chi connectivity index (χ4n) is 4.07. The second-order valence-electron chi connectivity index (χ2n) is 8.80. The molecule has 0 bridgehead atoms.